The number of aromatic nitrogens is 1. The van der Waals surface area contributed by atoms with Gasteiger partial charge in [0.05, 0.1) is 7.11 Å². The molecular weight excluding hydrogens is 479 g/mol. The van der Waals surface area contributed by atoms with Crippen molar-refractivity contribution in [3.05, 3.63) is 64.1 Å². The highest BCUT2D eigenvalue weighted by molar-refractivity contribution is 14.0. The summed E-state index contributed by atoms with van der Waals surface area (Å²) in [4.78, 5) is 18.8. The topological polar surface area (TPSA) is 58.9 Å². The van der Waals surface area contributed by atoms with E-state index in [1.165, 1.54) is 0 Å². The van der Waals surface area contributed by atoms with E-state index in [1.807, 2.05) is 42.8 Å². The van der Waals surface area contributed by atoms with Gasteiger partial charge >= 0.3 is 0 Å². The van der Waals surface area contributed by atoms with E-state index in [9.17, 15) is 4.79 Å². The summed E-state index contributed by atoms with van der Waals surface area (Å²) < 4.78 is 7.27. The molecule has 2 aromatic rings. The second-order valence-corrected chi connectivity index (χ2v) is 6.77. The van der Waals surface area contributed by atoms with Crippen molar-refractivity contribution >= 4 is 29.9 Å². The molecule has 6 nitrogen and oxygen atoms in total. The highest BCUT2D eigenvalue weighted by Crippen LogP contribution is 2.18. The lowest BCUT2D eigenvalue weighted by Crippen LogP contribution is -2.38. The Hall–Kier alpha value is -2.03. The first-order valence-corrected chi connectivity index (χ1v) is 9.84. The summed E-state index contributed by atoms with van der Waals surface area (Å²) in [5, 5.41) is 3.35. The van der Waals surface area contributed by atoms with Gasteiger partial charge in [-0.1, -0.05) is 24.3 Å². The summed E-state index contributed by atoms with van der Waals surface area (Å²) in [5.74, 6) is 1.76. The van der Waals surface area contributed by atoms with Crippen LogP contribution in [0.4, 0.5) is 0 Å². The fourth-order valence-electron chi connectivity index (χ4n) is 3.11. The molecule has 1 aromatic carbocycles. The Morgan fingerprint density at radius 2 is 1.93 bits per heavy atom. The van der Waals surface area contributed by atoms with Gasteiger partial charge in [-0.2, -0.15) is 0 Å². The number of hydrogen-bond acceptors (Lipinski definition) is 3. The molecule has 7 heteroatoms. The summed E-state index contributed by atoms with van der Waals surface area (Å²) in [5.41, 5.74) is 2.19. The van der Waals surface area contributed by atoms with Crippen LogP contribution in [0, 0.1) is 6.92 Å². The summed E-state index contributed by atoms with van der Waals surface area (Å²) in [6, 6.07) is 13.4. The molecule has 0 saturated carbocycles. The molecule has 160 valence electrons. The van der Waals surface area contributed by atoms with E-state index in [2.05, 4.69) is 23.2 Å². The van der Waals surface area contributed by atoms with Crippen molar-refractivity contribution in [1.82, 2.24) is 14.8 Å². The van der Waals surface area contributed by atoms with Crippen molar-refractivity contribution in [2.24, 2.45) is 4.99 Å². The molecule has 0 aliphatic rings. The molecule has 1 heterocycles. The lowest BCUT2D eigenvalue weighted by atomic mass is 10.2. The van der Waals surface area contributed by atoms with E-state index < -0.39 is 0 Å². The van der Waals surface area contributed by atoms with Gasteiger partial charge < -0.3 is 19.5 Å². The Balaban J connectivity index is 0.00000420. The fraction of sp³-hybridized carbons (Fsp3) is 0.455. The predicted octanol–water partition coefficient (Wildman–Crippen LogP) is 3.66. The van der Waals surface area contributed by atoms with E-state index >= 15 is 0 Å². The van der Waals surface area contributed by atoms with Crippen LogP contribution in [0.2, 0.25) is 0 Å². The van der Waals surface area contributed by atoms with Crippen LogP contribution in [-0.4, -0.2) is 42.7 Å². The molecule has 1 N–H and O–H groups in total. The number of nitrogens with zero attached hydrogens (tertiary/aromatic N) is 3. The standard InChI is InChI=1S/C22H32N4O2.HI/c1-5-23-22(25(3)17-19-12-6-7-13-20(19)28-4)24-15-8-9-16-26-18(2)11-10-14-21(26)27;/h6-7,10-14H,5,8-9,15-17H2,1-4H3,(H,23,24);1H. The number of nitrogens with one attached hydrogen (secondary N) is 1. The highest BCUT2D eigenvalue weighted by Gasteiger charge is 2.09. The number of benzene rings is 1. The van der Waals surface area contributed by atoms with E-state index in [1.54, 1.807) is 19.2 Å². The van der Waals surface area contributed by atoms with Gasteiger partial charge in [-0.3, -0.25) is 9.79 Å². The molecule has 0 atom stereocenters. The summed E-state index contributed by atoms with van der Waals surface area (Å²) >= 11 is 0. The van der Waals surface area contributed by atoms with Crippen LogP contribution in [0.5, 0.6) is 5.75 Å². The van der Waals surface area contributed by atoms with Crippen LogP contribution in [-0.2, 0) is 13.1 Å². The number of aryl methyl sites for hydroxylation is 1. The summed E-state index contributed by atoms with van der Waals surface area (Å²) in [6.07, 6.45) is 1.85. The van der Waals surface area contributed by atoms with Gasteiger partial charge in [-0.15, -0.1) is 24.0 Å². The first-order valence-electron chi connectivity index (χ1n) is 9.84. The van der Waals surface area contributed by atoms with Crippen molar-refractivity contribution in [2.75, 3.05) is 27.2 Å². The third-order valence-corrected chi connectivity index (χ3v) is 4.62. The quantitative estimate of drug-likeness (QED) is 0.241. The number of unbranched alkanes of at least 4 members (excludes halogenated alkanes) is 1. The van der Waals surface area contributed by atoms with Gasteiger partial charge in [0, 0.05) is 50.6 Å². The summed E-state index contributed by atoms with van der Waals surface area (Å²) in [6.45, 7) is 7.02. The Morgan fingerprint density at radius 1 is 1.17 bits per heavy atom. The maximum atomic E-state index is 11.9. The minimum absolute atomic E-state index is 0. The SMILES string of the molecule is CCNC(=NCCCCn1c(C)cccc1=O)N(C)Cc1ccccc1OC.I. The fourth-order valence-corrected chi connectivity index (χ4v) is 3.11. The second-order valence-electron chi connectivity index (χ2n) is 6.77. The zero-order valence-corrected chi connectivity index (χ0v) is 20.2. The van der Waals surface area contributed by atoms with Gasteiger partial charge in [0.15, 0.2) is 5.96 Å². The number of halogens is 1. The van der Waals surface area contributed by atoms with Crippen LogP contribution in [0.25, 0.3) is 0 Å². The molecule has 0 spiro atoms. The van der Waals surface area contributed by atoms with Crippen molar-refractivity contribution in [3.63, 3.8) is 0 Å². The van der Waals surface area contributed by atoms with E-state index in [4.69, 9.17) is 9.73 Å². The molecule has 0 fully saturated rings. The van der Waals surface area contributed by atoms with Gasteiger partial charge in [0.1, 0.15) is 5.75 Å². The number of ether oxygens (including phenoxy) is 1. The van der Waals surface area contributed by atoms with E-state index in [0.717, 1.165) is 55.4 Å². The minimum atomic E-state index is 0. The Kier molecular flexibility index (Phi) is 11.4. The zero-order valence-electron chi connectivity index (χ0n) is 17.9. The molecule has 29 heavy (non-hydrogen) atoms. The Morgan fingerprint density at radius 3 is 2.62 bits per heavy atom. The van der Waals surface area contributed by atoms with Crippen LogP contribution in [0.1, 0.15) is 31.0 Å². The third kappa shape index (κ3) is 7.72. The van der Waals surface area contributed by atoms with Crippen molar-refractivity contribution in [2.45, 2.75) is 39.8 Å². The number of guanidine groups is 1. The van der Waals surface area contributed by atoms with Gasteiger partial charge in [0.2, 0.25) is 0 Å². The largest absolute Gasteiger partial charge is 0.496 e. The number of aliphatic imine (C=N–C) groups is 1. The first kappa shape index (κ1) is 25.0. The maximum absolute atomic E-state index is 11.9. The molecule has 1 aromatic heterocycles. The molecular formula is C22H33IN4O2. The van der Waals surface area contributed by atoms with Crippen LogP contribution in [0.3, 0.4) is 0 Å². The number of para-hydroxylation sites is 1. The zero-order chi connectivity index (χ0) is 20.4. The molecule has 0 bridgehead atoms. The van der Waals surface area contributed by atoms with Crippen LogP contribution >= 0.6 is 24.0 Å². The average Bonchev–Trinajstić information content (AvgIpc) is 2.69. The first-order chi connectivity index (χ1) is 13.6. The molecule has 0 aliphatic carbocycles. The average molecular weight is 512 g/mol. The second kappa shape index (κ2) is 13.2. The molecule has 0 saturated heterocycles. The van der Waals surface area contributed by atoms with Gasteiger partial charge in [0.25, 0.3) is 5.56 Å². The lowest BCUT2D eigenvalue weighted by Gasteiger charge is -2.23. The monoisotopic (exact) mass is 512 g/mol. The van der Waals surface area contributed by atoms with Crippen molar-refractivity contribution in [3.8, 4) is 5.75 Å². The smallest absolute Gasteiger partial charge is 0.250 e. The van der Waals surface area contributed by atoms with Gasteiger partial charge in [-0.25, -0.2) is 0 Å². The maximum Gasteiger partial charge on any atom is 0.250 e. The van der Waals surface area contributed by atoms with E-state index in [-0.39, 0.29) is 29.5 Å². The molecule has 0 amide bonds. The highest BCUT2D eigenvalue weighted by atomic mass is 127. The van der Waals surface area contributed by atoms with Crippen LogP contribution in [0.15, 0.2) is 52.3 Å². The summed E-state index contributed by atoms with van der Waals surface area (Å²) in [7, 11) is 3.72. The normalized spacial score (nSPS) is 11.0. The van der Waals surface area contributed by atoms with Gasteiger partial charge in [-0.05, 0) is 38.8 Å². The molecule has 0 radical (unpaired) electrons. The van der Waals surface area contributed by atoms with Crippen molar-refractivity contribution in [1.29, 1.82) is 0 Å². The molecule has 0 unspecified atom stereocenters. The lowest BCUT2D eigenvalue weighted by molar-refractivity contribution is 0.396. The molecule has 0 aliphatic heterocycles. The third-order valence-electron chi connectivity index (χ3n) is 4.62. The number of methoxy groups -OCH3 is 1. The Bertz CT molecular complexity index is 836. The molecule has 2 rings (SSSR count). The minimum Gasteiger partial charge on any atom is -0.496 e. The van der Waals surface area contributed by atoms with E-state index in [0.29, 0.717) is 6.54 Å². The number of hydrogen-bond donors (Lipinski definition) is 1. The number of rotatable bonds is 9. The van der Waals surface area contributed by atoms with Crippen LogP contribution < -0.4 is 15.6 Å². The van der Waals surface area contributed by atoms with Crippen molar-refractivity contribution < 1.29 is 4.74 Å². The Labute approximate surface area is 191 Å². The number of pyridine rings is 1. The predicted molar refractivity (Wildman–Crippen MR) is 131 cm³/mol.